The lowest BCUT2D eigenvalue weighted by Crippen LogP contribution is -2.48. The number of quaternary nitrogens is 1. The van der Waals surface area contributed by atoms with Crippen molar-refractivity contribution in [3.8, 4) is 0 Å². The molecule has 0 spiro atoms. The van der Waals surface area contributed by atoms with Crippen LogP contribution in [0.2, 0.25) is 0 Å². The van der Waals surface area contributed by atoms with Crippen LogP contribution in [0.25, 0.3) is 0 Å². The Hall–Kier alpha value is -0.830. The molecule has 0 saturated carbocycles. The Morgan fingerprint density at radius 3 is 2.33 bits per heavy atom. The van der Waals surface area contributed by atoms with Crippen LogP contribution in [0.15, 0.2) is 12.2 Å². The van der Waals surface area contributed by atoms with Crippen molar-refractivity contribution in [1.29, 1.82) is 0 Å². The summed E-state index contributed by atoms with van der Waals surface area (Å²) in [5.74, 6) is -0.0605. The van der Waals surface area contributed by atoms with Crippen molar-refractivity contribution in [2.45, 2.75) is 13.8 Å². The van der Waals surface area contributed by atoms with Crippen molar-refractivity contribution in [3.63, 3.8) is 0 Å². The highest BCUT2D eigenvalue weighted by atomic mass is 16.1. The van der Waals surface area contributed by atoms with Crippen molar-refractivity contribution in [1.82, 2.24) is 5.32 Å². The molecule has 0 aromatic rings. The highest BCUT2D eigenvalue weighted by molar-refractivity contribution is 5.91. The lowest BCUT2D eigenvalue weighted by atomic mass is 10.3. The molecule has 1 amide bonds. The zero-order chi connectivity index (χ0) is 9.78. The second kappa shape index (κ2) is 4.26. The van der Waals surface area contributed by atoms with E-state index in [0.717, 1.165) is 11.0 Å². The summed E-state index contributed by atoms with van der Waals surface area (Å²) in [5, 5.41) is 2.81. The summed E-state index contributed by atoms with van der Waals surface area (Å²) >= 11 is 0. The first kappa shape index (κ1) is 11.2. The van der Waals surface area contributed by atoms with Crippen LogP contribution < -0.4 is 5.32 Å². The summed E-state index contributed by atoms with van der Waals surface area (Å²) < 4.78 is 0.791. The third kappa shape index (κ3) is 4.13. The number of amides is 1. The third-order valence-electron chi connectivity index (χ3n) is 1.91. The van der Waals surface area contributed by atoms with Crippen LogP contribution in [0.4, 0.5) is 0 Å². The maximum absolute atomic E-state index is 11.1. The third-order valence-corrected chi connectivity index (χ3v) is 1.91. The van der Waals surface area contributed by atoms with E-state index < -0.39 is 0 Å². The molecule has 0 unspecified atom stereocenters. The largest absolute Gasteiger partial charge is 0.312 e. The Labute approximate surface area is 74.7 Å². The molecule has 3 nitrogen and oxygen atoms in total. The lowest BCUT2D eigenvalue weighted by Gasteiger charge is -2.28. The van der Waals surface area contributed by atoms with Crippen LogP contribution >= 0.6 is 0 Å². The number of rotatable bonds is 4. The van der Waals surface area contributed by atoms with Crippen molar-refractivity contribution >= 4 is 5.91 Å². The Kier molecular flexibility index (Phi) is 3.96. The average Bonchev–Trinajstić information content (AvgIpc) is 2.00. The van der Waals surface area contributed by atoms with Crippen LogP contribution in [0.1, 0.15) is 13.8 Å². The number of hydrogen-bond donors (Lipinski definition) is 1. The molecule has 0 aromatic carbocycles. The predicted molar refractivity (Wildman–Crippen MR) is 50.5 cm³/mol. The van der Waals surface area contributed by atoms with E-state index in [2.05, 4.69) is 32.9 Å². The summed E-state index contributed by atoms with van der Waals surface area (Å²) in [6, 6.07) is 0. The van der Waals surface area contributed by atoms with Gasteiger partial charge in [-0.15, -0.1) is 0 Å². The van der Waals surface area contributed by atoms with Gasteiger partial charge in [-0.05, 0) is 13.8 Å². The molecule has 0 aliphatic rings. The van der Waals surface area contributed by atoms with E-state index in [4.69, 9.17) is 0 Å². The van der Waals surface area contributed by atoms with Gasteiger partial charge in [0.2, 0.25) is 0 Å². The van der Waals surface area contributed by atoms with Crippen LogP contribution in [0.5, 0.6) is 0 Å². The van der Waals surface area contributed by atoms with Gasteiger partial charge in [-0.1, -0.05) is 6.58 Å². The zero-order valence-corrected chi connectivity index (χ0v) is 8.48. The van der Waals surface area contributed by atoms with Gasteiger partial charge in [0.05, 0.1) is 20.6 Å². The molecule has 0 heterocycles. The van der Waals surface area contributed by atoms with Crippen molar-refractivity contribution in [3.05, 3.63) is 12.2 Å². The Bertz CT molecular complexity index is 185. The molecule has 0 bridgehead atoms. The van der Waals surface area contributed by atoms with E-state index in [1.807, 2.05) is 0 Å². The molecule has 0 atom stereocenters. The van der Waals surface area contributed by atoms with Crippen LogP contribution in [-0.2, 0) is 4.79 Å². The van der Waals surface area contributed by atoms with Crippen molar-refractivity contribution in [2.75, 3.05) is 27.3 Å². The molecule has 1 N–H and O–H groups in total. The quantitative estimate of drug-likeness (QED) is 0.377. The smallest absolute Gasteiger partial charge is 0.250 e. The van der Waals surface area contributed by atoms with Crippen molar-refractivity contribution in [2.24, 2.45) is 0 Å². The van der Waals surface area contributed by atoms with E-state index in [0.29, 0.717) is 12.2 Å². The second-order valence-corrected chi connectivity index (χ2v) is 3.70. The number of carbonyl (C=O) groups is 1. The molecular formula is C9H19N2O+. The van der Waals surface area contributed by atoms with E-state index in [9.17, 15) is 4.79 Å². The fourth-order valence-corrected chi connectivity index (χ4v) is 0.549. The maximum atomic E-state index is 11.1. The minimum atomic E-state index is -0.0605. The van der Waals surface area contributed by atoms with Gasteiger partial charge in [-0.3, -0.25) is 4.79 Å². The van der Waals surface area contributed by atoms with Gasteiger partial charge >= 0.3 is 0 Å². The summed E-state index contributed by atoms with van der Waals surface area (Å²) in [6.45, 7) is 9.01. The first-order valence-corrected chi connectivity index (χ1v) is 4.15. The Balaban J connectivity index is 3.83. The second-order valence-electron chi connectivity index (χ2n) is 3.70. The molecule has 70 valence electrons. The molecule has 0 rings (SSSR count). The summed E-state index contributed by atoms with van der Waals surface area (Å²) in [5.41, 5.74) is 0.561. The molecule has 3 heteroatoms. The van der Waals surface area contributed by atoms with Crippen molar-refractivity contribution < 1.29 is 9.28 Å². The number of nitrogens with zero attached hydrogens (tertiary/aromatic N) is 1. The van der Waals surface area contributed by atoms with E-state index >= 15 is 0 Å². The number of hydrogen-bond acceptors (Lipinski definition) is 1. The maximum Gasteiger partial charge on any atom is 0.250 e. The van der Waals surface area contributed by atoms with Gasteiger partial charge in [-0.2, -0.15) is 0 Å². The van der Waals surface area contributed by atoms with Gasteiger partial charge in [0.1, 0.15) is 0 Å². The molecule has 0 fully saturated rings. The first-order valence-electron chi connectivity index (χ1n) is 4.15. The van der Waals surface area contributed by atoms with Crippen LogP contribution in [0, 0.1) is 0 Å². The van der Waals surface area contributed by atoms with Gasteiger partial charge in [-0.25, -0.2) is 0 Å². The van der Waals surface area contributed by atoms with Gasteiger partial charge in [0, 0.05) is 5.57 Å². The van der Waals surface area contributed by atoms with Crippen LogP contribution in [0.3, 0.4) is 0 Å². The molecule has 0 aliphatic carbocycles. The number of carbonyl (C=O) groups excluding carboxylic acids is 1. The topological polar surface area (TPSA) is 29.1 Å². The van der Waals surface area contributed by atoms with Crippen LogP contribution in [-0.4, -0.2) is 37.7 Å². The molecular weight excluding hydrogens is 152 g/mol. The summed E-state index contributed by atoms with van der Waals surface area (Å²) in [6.07, 6.45) is 0. The fourth-order valence-electron chi connectivity index (χ4n) is 0.549. The highest BCUT2D eigenvalue weighted by Crippen LogP contribution is 1.93. The van der Waals surface area contributed by atoms with Gasteiger partial charge in [0.15, 0.2) is 6.67 Å². The average molecular weight is 171 g/mol. The minimum absolute atomic E-state index is 0.0605. The lowest BCUT2D eigenvalue weighted by molar-refractivity contribution is -0.890. The van der Waals surface area contributed by atoms with E-state index in [1.165, 1.54) is 0 Å². The molecule has 0 radical (unpaired) electrons. The predicted octanol–water partition coefficient (Wildman–Crippen LogP) is 0.732. The van der Waals surface area contributed by atoms with E-state index in [-0.39, 0.29) is 5.91 Å². The summed E-state index contributed by atoms with van der Waals surface area (Å²) in [7, 11) is 4.14. The monoisotopic (exact) mass is 171 g/mol. The normalized spacial score (nSPS) is 11.0. The zero-order valence-electron chi connectivity index (χ0n) is 8.48. The molecule has 0 saturated heterocycles. The number of nitrogens with one attached hydrogen (secondary N) is 1. The first-order chi connectivity index (χ1) is 5.39. The Morgan fingerprint density at radius 2 is 2.00 bits per heavy atom. The molecule has 0 aliphatic heterocycles. The molecule has 12 heavy (non-hydrogen) atoms. The standard InChI is InChI=1S/C9H18N2O/c1-6-11(4,5)7-10-9(12)8(2)3/h2,6-7H2,1,3-5H3/p+1. The fraction of sp³-hybridized carbons (Fsp3) is 0.667. The van der Waals surface area contributed by atoms with E-state index in [1.54, 1.807) is 6.92 Å². The SMILES string of the molecule is C=C(C)C(=O)NC[N+](C)(C)CC. The Morgan fingerprint density at radius 1 is 1.50 bits per heavy atom. The highest BCUT2D eigenvalue weighted by Gasteiger charge is 2.12. The van der Waals surface area contributed by atoms with Gasteiger partial charge < -0.3 is 9.80 Å². The van der Waals surface area contributed by atoms with Gasteiger partial charge in [0.25, 0.3) is 5.91 Å². The summed E-state index contributed by atoms with van der Waals surface area (Å²) in [4.78, 5) is 11.1. The molecule has 0 aromatic heterocycles. The minimum Gasteiger partial charge on any atom is -0.312 e.